The van der Waals surface area contributed by atoms with Crippen LogP contribution in [0.15, 0.2) is 42.0 Å². The lowest BCUT2D eigenvalue weighted by molar-refractivity contribution is 0.300. The van der Waals surface area contributed by atoms with Crippen molar-refractivity contribution in [3.63, 3.8) is 0 Å². The summed E-state index contributed by atoms with van der Waals surface area (Å²) in [6, 6.07) is 6.74. The average Bonchev–Trinajstić information content (AvgIpc) is 2.86. The predicted molar refractivity (Wildman–Crippen MR) is 65.5 cm³/mol. The van der Waals surface area contributed by atoms with E-state index in [1.165, 1.54) is 0 Å². The van der Waals surface area contributed by atoms with Crippen LogP contribution in [0.3, 0.4) is 0 Å². The van der Waals surface area contributed by atoms with Gasteiger partial charge in [-0.15, -0.1) is 11.3 Å². The normalized spacial score (nSPS) is 10.8. The van der Waals surface area contributed by atoms with Crippen molar-refractivity contribution < 1.29 is 9.84 Å². The van der Waals surface area contributed by atoms with Gasteiger partial charge in [0.15, 0.2) is 4.96 Å². The summed E-state index contributed by atoms with van der Waals surface area (Å²) < 4.78 is 7.50. The minimum Gasteiger partial charge on any atom is -0.508 e. The van der Waals surface area contributed by atoms with Crippen LogP contribution in [0.25, 0.3) is 4.96 Å². The van der Waals surface area contributed by atoms with E-state index in [0.29, 0.717) is 12.4 Å². The second kappa shape index (κ2) is 4.10. The van der Waals surface area contributed by atoms with E-state index in [1.54, 1.807) is 35.6 Å². The van der Waals surface area contributed by atoms with Crippen molar-refractivity contribution in [1.29, 1.82) is 0 Å². The molecule has 86 valence electrons. The number of aromatic hydroxyl groups is 1. The van der Waals surface area contributed by atoms with E-state index in [-0.39, 0.29) is 5.75 Å². The minimum atomic E-state index is 0.202. The Morgan fingerprint density at radius 3 is 3.18 bits per heavy atom. The molecule has 0 unspecified atom stereocenters. The fraction of sp³-hybridized carbons (Fsp3) is 0.0833. The molecule has 4 nitrogen and oxygen atoms in total. The Hall–Kier alpha value is -2.01. The Labute approximate surface area is 102 Å². The van der Waals surface area contributed by atoms with Crippen molar-refractivity contribution >= 4 is 16.3 Å². The smallest absolute Gasteiger partial charge is 0.193 e. The lowest BCUT2D eigenvalue weighted by Gasteiger charge is -2.03. The number of imidazole rings is 1. The van der Waals surface area contributed by atoms with E-state index in [2.05, 4.69) is 4.98 Å². The molecule has 3 rings (SSSR count). The molecule has 0 amide bonds. The van der Waals surface area contributed by atoms with Crippen molar-refractivity contribution in [2.24, 2.45) is 0 Å². The van der Waals surface area contributed by atoms with Crippen LogP contribution in [0, 0.1) is 0 Å². The summed E-state index contributed by atoms with van der Waals surface area (Å²) in [4.78, 5) is 5.36. The number of thiazole rings is 1. The van der Waals surface area contributed by atoms with Crippen LogP contribution in [0.5, 0.6) is 11.5 Å². The minimum absolute atomic E-state index is 0.202. The molecule has 2 heterocycles. The van der Waals surface area contributed by atoms with Gasteiger partial charge in [-0.25, -0.2) is 4.98 Å². The van der Waals surface area contributed by atoms with Gasteiger partial charge in [0, 0.05) is 23.8 Å². The first-order chi connectivity index (χ1) is 8.31. The number of aromatic nitrogens is 2. The number of rotatable bonds is 3. The van der Waals surface area contributed by atoms with Gasteiger partial charge in [0.2, 0.25) is 0 Å². The first-order valence-corrected chi connectivity index (χ1v) is 6.02. The van der Waals surface area contributed by atoms with E-state index in [1.807, 2.05) is 22.2 Å². The molecule has 3 aromatic rings. The van der Waals surface area contributed by atoms with Crippen LogP contribution in [0.2, 0.25) is 0 Å². The molecular formula is C12H10N2O2S. The average molecular weight is 246 g/mol. The zero-order valence-corrected chi connectivity index (χ0v) is 9.72. The highest BCUT2D eigenvalue weighted by Gasteiger charge is 2.03. The fourth-order valence-corrected chi connectivity index (χ4v) is 2.30. The third-order valence-corrected chi connectivity index (χ3v) is 3.12. The topological polar surface area (TPSA) is 46.8 Å². The second-order valence-corrected chi connectivity index (χ2v) is 4.48. The molecule has 1 aromatic carbocycles. The Balaban J connectivity index is 1.74. The Morgan fingerprint density at radius 2 is 2.35 bits per heavy atom. The number of hydrogen-bond acceptors (Lipinski definition) is 4. The molecular weight excluding hydrogens is 236 g/mol. The highest BCUT2D eigenvalue weighted by atomic mass is 32.1. The lowest BCUT2D eigenvalue weighted by atomic mass is 10.3. The van der Waals surface area contributed by atoms with Crippen LogP contribution in [-0.4, -0.2) is 14.5 Å². The largest absolute Gasteiger partial charge is 0.508 e. The van der Waals surface area contributed by atoms with Gasteiger partial charge in [-0.1, -0.05) is 6.07 Å². The number of fused-ring (bicyclic) bond motifs is 1. The maximum absolute atomic E-state index is 9.29. The van der Waals surface area contributed by atoms with Crippen LogP contribution in [0.4, 0.5) is 0 Å². The maximum Gasteiger partial charge on any atom is 0.193 e. The summed E-state index contributed by atoms with van der Waals surface area (Å²) in [5, 5.41) is 11.3. The first kappa shape index (κ1) is 10.2. The van der Waals surface area contributed by atoms with E-state index in [0.717, 1.165) is 10.7 Å². The zero-order valence-electron chi connectivity index (χ0n) is 8.91. The molecule has 0 spiro atoms. The van der Waals surface area contributed by atoms with Gasteiger partial charge >= 0.3 is 0 Å². The summed E-state index contributed by atoms with van der Waals surface area (Å²) in [5.74, 6) is 0.842. The number of nitrogens with zero attached hydrogens (tertiary/aromatic N) is 2. The van der Waals surface area contributed by atoms with Crippen molar-refractivity contribution in [1.82, 2.24) is 9.38 Å². The van der Waals surface area contributed by atoms with Crippen LogP contribution in [-0.2, 0) is 6.61 Å². The number of phenols is 1. The number of hydrogen-bond donors (Lipinski definition) is 1. The van der Waals surface area contributed by atoms with Crippen LogP contribution < -0.4 is 4.74 Å². The molecule has 0 radical (unpaired) electrons. The van der Waals surface area contributed by atoms with Gasteiger partial charge in [0.05, 0.1) is 5.69 Å². The molecule has 0 fully saturated rings. The third-order valence-electron chi connectivity index (χ3n) is 2.35. The van der Waals surface area contributed by atoms with Crippen molar-refractivity contribution in [3.8, 4) is 11.5 Å². The molecule has 0 aliphatic rings. The molecule has 0 aliphatic heterocycles. The van der Waals surface area contributed by atoms with Crippen LogP contribution in [0.1, 0.15) is 5.69 Å². The van der Waals surface area contributed by atoms with Crippen LogP contribution >= 0.6 is 11.3 Å². The van der Waals surface area contributed by atoms with Gasteiger partial charge < -0.3 is 9.84 Å². The second-order valence-electron chi connectivity index (χ2n) is 3.61. The van der Waals surface area contributed by atoms with Crippen molar-refractivity contribution in [2.45, 2.75) is 6.61 Å². The molecule has 0 atom stereocenters. The molecule has 1 N–H and O–H groups in total. The molecule has 17 heavy (non-hydrogen) atoms. The fourth-order valence-electron chi connectivity index (χ4n) is 1.58. The lowest BCUT2D eigenvalue weighted by Crippen LogP contribution is -1.95. The number of benzene rings is 1. The van der Waals surface area contributed by atoms with Gasteiger partial charge in [0.1, 0.15) is 18.1 Å². The van der Waals surface area contributed by atoms with Gasteiger partial charge in [-0.05, 0) is 12.1 Å². The summed E-state index contributed by atoms with van der Waals surface area (Å²) in [5.41, 5.74) is 0.875. The highest BCUT2D eigenvalue weighted by molar-refractivity contribution is 7.15. The summed E-state index contributed by atoms with van der Waals surface area (Å²) in [6.07, 6.45) is 3.90. The Kier molecular flexibility index (Phi) is 2.45. The van der Waals surface area contributed by atoms with E-state index >= 15 is 0 Å². The summed E-state index contributed by atoms with van der Waals surface area (Å²) >= 11 is 1.59. The monoisotopic (exact) mass is 246 g/mol. The van der Waals surface area contributed by atoms with E-state index in [4.69, 9.17) is 4.74 Å². The van der Waals surface area contributed by atoms with Gasteiger partial charge in [-0.2, -0.15) is 0 Å². The van der Waals surface area contributed by atoms with E-state index < -0.39 is 0 Å². The summed E-state index contributed by atoms with van der Waals surface area (Å²) in [6.45, 7) is 0.401. The zero-order chi connectivity index (χ0) is 11.7. The number of ether oxygens (including phenoxy) is 1. The SMILES string of the molecule is Oc1cccc(OCc2cn3ccsc3n2)c1. The molecule has 2 aromatic heterocycles. The molecule has 5 heteroatoms. The third kappa shape index (κ3) is 2.09. The maximum atomic E-state index is 9.29. The molecule has 0 saturated carbocycles. The molecule has 0 saturated heterocycles. The summed E-state index contributed by atoms with van der Waals surface area (Å²) in [7, 11) is 0. The standard InChI is InChI=1S/C12H10N2O2S/c15-10-2-1-3-11(6-10)16-8-9-7-14-4-5-17-12(14)13-9/h1-7,15H,8H2. The van der Waals surface area contributed by atoms with Gasteiger partial charge in [-0.3, -0.25) is 4.40 Å². The van der Waals surface area contributed by atoms with Gasteiger partial charge in [0.25, 0.3) is 0 Å². The van der Waals surface area contributed by atoms with Crippen molar-refractivity contribution in [3.05, 3.63) is 47.7 Å². The quantitative estimate of drug-likeness (QED) is 0.773. The van der Waals surface area contributed by atoms with E-state index in [9.17, 15) is 5.11 Å². The first-order valence-electron chi connectivity index (χ1n) is 5.14. The Morgan fingerprint density at radius 1 is 1.41 bits per heavy atom. The molecule has 0 bridgehead atoms. The predicted octanol–water partition coefficient (Wildman–Crippen LogP) is 2.68. The number of phenolic OH excluding ortho intramolecular Hbond substituents is 1. The van der Waals surface area contributed by atoms with Crippen molar-refractivity contribution in [2.75, 3.05) is 0 Å². The Bertz CT molecular complexity index is 616. The molecule has 0 aliphatic carbocycles. The highest BCUT2D eigenvalue weighted by Crippen LogP contribution is 2.19.